The molecule has 3 rings (SSSR count). The van der Waals surface area contributed by atoms with Gasteiger partial charge < -0.3 is 0 Å². The Morgan fingerprint density at radius 2 is 2.07 bits per heavy atom. The highest BCUT2D eigenvalue weighted by Crippen LogP contribution is 2.34. The van der Waals surface area contributed by atoms with E-state index in [-0.39, 0.29) is 0 Å². The molecule has 2 aromatic heterocycles. The maximum atomic E-state index is 5.82. The molecular formula is C11H6ClNS2. The Balaban J connectivity index is 2.19. The molecule has 0 bridgehead atoms. The van der Waals surface area contributed by atoms with E-state index in [1.165, 1.54) is 26.3 Å². The first-order chi connectivity index (χ1) is 7.33. The van der Waals surface area contributed by atoms with Gasteiger partial charge in [-0.25, -0.2) is 4.98 Å². The van der Waals surface area contributed by atoms with Gasteiger partial charge in [0.1, 0.15) is 0 Å². The van der Waals surface area contributed by atoms with Crippen molar-refractivity contribution in [2.45, 2.75) is 0 Å². The molecule has 15 heavy (non-hydrogen) atoms. The highest BCUT2D eigenvalue weighted by molar-refractivity contribution is 7.22. The smallest absolute Gasteiger partial charge is 0.184 e. The summed E-state index contributed by atoms with van der Waals surface area (Å²) in [6.45, 7) is 0. The van der Waals surface area contributed by atoms with Crippen LogP contribution in [0.5, 0.6) is 0 Å². The minimum atomic E-state index is 0.599. The lowest BCUT2D eigenvalue weighted by Crippen LogP contribution is -1.68. The molecule has 74 valence electrons. The number of halogens is 1. The average molecular weight is 252 g/mol. The summed E-state index contributed by atoms with van der Waals surface area (Å²) in [5.41, 5.74) is 0.978. The van der Waals surface area contributed by atoms with Gasteiger partial charge >= 0.3 is 0 Å². The summed E-state index contributed by atoms with van der Waals surface area (Å²) >= 11 is 9.04. The molecule has 0 N–H and O–H groups in total. The van der Waals surface area contributed by atoms with Gasteiger partial charge in [0.05, 0.1) is 10.6 Å². The SMILES string of the molecule is Clc1nc(-c2cc3ccccc3s2)cs1. The molecule has 0 aliphatic rings. The molecule has 0 spiro atoms. The molecular weight excluding hydrogens is 246 g/mol. The van der Waals surface area contributed by atoms with Crippen LogP contribution in [0.4, 0.5) is 0 Å². The first-order valence-electron chi connectivity index (χ1n) is 4.43. The Hall–Kier alpha value is -0.900. The molecule has 4 heteroatoms. The molecule has 0 aliphatic carbocycles. The minimum Gasteiger partial charge on any atom is -0.224 e. The van der Waals surface area contributed by atoms with E-state index in [2.05, 4.69) is 29.2 Å². The van der Waals surface area contributed by atoms with Crippen LogP contribution in [-0.4, -0.2) is 4.98 Å². The van der Waals surface area contributed by atoms with E-state index >= 15 is 0 Å². The van der Waals surface area contributed by atoms with Crippen molar-refractivity contribution < 1.29 is 0 Å². The van der Waals surface area contributed by atoms with Crippen LogP contribution in [0.2, 0.25) is 4.47 Å². The molecule has 0 aliphatic heterocycles. The van der Waals surface area contributed by atoms with Crippen LogP contribution in [0.15, 0.2) is 35.7 Å². The Labute approximate surface area is 100.0 Å². The van der Waals surface area contributed by atoms with Crippen molar-refractivity contribution in [3.63, 3.8) is 0 Å². The van der Waals surface area contributed by atoms with Crippen molar-refractivity contribution in [1.82, 2.24) is 4.98 Å². The van der Waals surface area contributed by atoms with Crippen molar-refractivity contribution in [3.8, 4) is 10.6 Å². The van der Waals surface area contributed by atoms with Crippen LogP contribution in [0.3, 0.4) is 0 Å². The highest BCUT2D eigenvalue weighted by Gasteiger charge is 2.06. The van der Waals surface area contributed by atoms with Gasteiger partial charge in [-0.3, -0.25) is 0 Å². The third-order valence-corrected chi connectivity index (χ3v) is 4.27. The number of thiophene rings is 1. The molecule has 0 fully saturated rings. The number of hydrogen-bond donors (Lipinski definition) is 0. The van der Waals surface area contributed by atoms with Gasteiger partial charge in [-0.1, -0.05) is 29.8 Å². The maximum absolute atomic E-state index is 5.82. The van der Waals surface area contributed by atoms with E-state index in [1.807, 2.05) is 11.4 Å². The molecule has 0 atom stereocenters. The number of hydrogen-bond acceptors (Lipinski definition) is 3. The molecule has 0 saturated carbocycles. The standard InChI is InChI=1S/C11H6ClNS2/c12-11-13-8(6-14-11)10-5-7-3-1-2-4-9(7)15-10/h1-6H. The Morgan fingerprint density at radius 3 is 2.80 bits per heavy atom. The topological polar surface area (TPSA) is 12.9 Å². The summed E-state index contributed by atoms with van der Waals surface area (Å²) in [4.78, 5) is 5.45. The second-order valence-corrected chi connectivity index (χ2v) is 5.66. The fourth-order valence-corrected chi connectivity index (χ4v) is 3.34. The van der Waals surface area contributed by atoms with E-state index < -0.39 is 0 Å². The van der Waals surface area contributed by atoms with Gasteiger partial charge in [0.2, 0.25) is 0 Å². The van der Waals surface area contributed by atoms with Crippen molar-refractivity contribution in [3.05, 3.63) is 40.2 Å². The van der Waals surface area contributed by atoms with Gasteiger partial charge in [-0.15, -0.1) is 22.7 Å². The van der Waals surface area contributed by atoms with E-state index in [0.717, 1.165) is 5.69 Å². The van der Waals surface area contributed by atoms with Crippen molar-refractivity contribution >= 4 is 44.4 Å². The summed E-state index contributed by atoms with van der Waals surface area (Å²) in [6, 6.07) is 10.5. The van der Waals surface area contributed by atoms with E-state index in [9.17, 15) is 0 Å². The summed E-state index contributed by atoms with van der Waals surface area (Å²) in [5, 5.41) is 3.26. The zero-order chi connectivity index (χ0) is 10.3. The Morgan fingerprint density at radius 1 is 1.20 bits per heavy atom. The van der Waals surface area contributed by atoms with Crippen LogP contribution in [0, 0.1) is 0 Å². The zero-order valence-electron chi connectivity index (χ0n) is 7.61. The lowest BCUT2D eigenvalue weighted by Gasteiger charge is -1.85. The molecule has 0 unspecified atom stereocenters. The third-order valence-electron chi connectivity index (χ3n) is 2.15. The number of aromatic nitrogens is 1. The number of rotatable bonds is 1. The Bertz CT molecular complexity index is 579. The average Bonchev–Trinajstić information content (AvgIpc) is 2.82. The first-order valence-corrected chi connectivity index (χ1v) is 6.50. The first kappa shape index (κ1) is 9.33. The maximum Gasteiger partial charge on any atom is 0.184 e. The number of thiazole rings is 1. The van der Waals surface area contributed by atoms with Gasteiger partial charge in [0, 0.05) is 10.1 Å². The zero-order valence-corrected chi connectivity index (χ0v) is 9.99. The molecule has 1 nitrogen and oxygen atoms in total. The van der Waals surface area contributed by atoms with Crippen molar-refractivity contribution in [2.75, 3.05) is 0 Å². The number of nitrogens with zero attached hydrogens (tertiary/aromatic N) is 1. The lowest BCUT2D eigenvalue weighted by atomic mass is 10.2. The molecule has 0 radical (unpaired) electrons. The van der Waals surface area contributed by atoms with Crippen LogP contribution in [0.25, 0.3) is 20.7 Å². The fraction of sp³-hybridized carbons (Fsp3) is 0. The number of fused-ring (bicyclic) bond motifs is 1. The summed E-state index contributed by atoms with van der Waals surface area (Å²) in [7, 11) is 0. The van der Waals surface area contributed by atoms with E-state index in [1.54, 1.807) is 11.3 Å². The predicted octanol–water partition coefficient (Wildman–Crippen LogP) is 4.68. The van der Waals surface area contributed by atoms with Gasteiger partial charge in [-0.05, 0) is 17.5 Å². The van der Waals surface area contributed by atoms with E-state index in [0.29, 0.717) is 4.47 Å². The van der Waals surface area contributed by atoms with Crippen molar-refractivity contribution in [2.24, 2.45) is 0 Å². The highest BCUT2D eigenvalue weighted by atomic mass is 35.5. The number of benzene rings is 1. The third kappa shape index (κ3) is 1.67. The fourth-order valence-electron chi connectivity index (χ4n) is 1.47. The van der Waals surface area contributed by atoms with Gasteiger partial charge in [0.25, 0.3) is 0 Å². The van der Waals surface area contributed by atoms with Crippen LogP contribution >= 0.6 is 34.3 Å². The molecule has 3 aromatic rings. The molecule has 2 heterocycles. The normalized spacial score (nSPS) is 11.0. The summed E-state index contributed by atoms with van der Waals surface area (Å²) < 4.78 is 1.89. The second-order valence-electron chi connectivity index (χ2n) is 3.13. The van der Waals surface area contributed by atoms with Crippen LogP contribution < -0.4 is 0 Å². The van der Waals surface area contributed by atoms with Crippen LogP contribution in [0.1, 0.15) is 0 Å². The molecule has 0 saturated heterocycles. The largest absolute Gasteiger partial charge is 0.224 e. The van der Waals surface area contributed by atoms with Gasteiger partial charge in [0.15, 0.2) is 4.47 Å². The van der Waals surface area contributed by atoms with E-state index in [4.69, 9.17) is 11.6 Å². The predicted molar refractivity (Wildman–Crippen MR) is 67.9 cm³/mol. The summed E-state index contributed by atoms with van der Waals surface area (Å²) in [6.07, 6.45) is 0. The monoisotopic (exact) mass is 251 g/mol. The Kier molecular flexibility index (Phi) is 2.24. The second kappa shape index (κ2) is 3.59. The van der Waals surface area contributed by atoms with Gasteiger partial charge in [-0.2, -0.15) is 0 Å². The quantitative estimate of drug-likeness (QED) is 0.612. The molecule has 0 amide bonds. The lowest BCUT2D eigenvalue weighted by molar-refractivity contribution is 1.43. The summed E-state index contributed by atoms with van der Waals surface area (Å²) in [5.74, 6) is 0. The molecule has 1 aromatic carbocycles. The van der Waals surface area contributed by atoms with Crippen LogP contribution in [-0.2, 0) is 0 Å². The van der Waals surface area contributed by atoms with Crippen molar-refractivity contribution in [1.29, 1.82) is 0 Å². The minimum absolute atomic E-state index is 0.599.